The maximum Gasteiger partial charge on any atom is 0.123 e. The molecular formula is C13H10ClFO. The molecule has 0 fully saturated rings. The fourth-order valence-electron chi connectivity index (χ4n) is 1.51. The second-order valence-electron chi connectivity index (χ2n) is 3.51. The molecule has 16 heavy (non-hydrogen) atoms. The van der Waals surface area contributed by atoms with Crippen LogP contribution in [-0.4, -0.2) is 5.11 Å². The molecule has 1 N–H and O–H groups in total. The predicted octanol–water partition coefficient (Wildman–Crippen LogP) is 3.56. The Morgan fingerprint density at radius 3 is 2.31 bits per heavy atom. The highest BCUT2D eigenvalue weighted by Gasteiger charge is 2.10. The van der Waals surface area contributed by atoms with Gasteiger partial charge in [0.05, 0.1) is 0 Å². The van der Waals surface area contributed by atoms with Gasteiger partial charge in [0.15, 0.2) is 0 Å². The van der Waals surface area contributed by atoms with Crippen molar-refractivity contribution < 1.29 is 9.50 Å². The predicted molar refractivity (Wildman–Crippen MR) is 61.9 cm³/mol. The van der Waals surface area contributed by atoms with Gasteiger partial charge in [0, 0.05) is 5.02 Å². The van der Waals surface area contributed by atoms with Crippen molar-refractivity contribution in [1.29, 1.82) is 0 Å². The summed E-state index contributed by atoms with van der Waals surface area (Å²) in [5, 5.41) is 10.6. The lowest BCUT2D eigenvalue weighted by Crippen LogP contribution is -1.99. The molecule has 0 aliphatic carbocycles. The molecule has 2 rings (SSSR count). The van der Waals surface area contributed by atoms with Gasteiger partial charge in [-0.2, -0.15) is 0 Å². The van der Waals surface area contributed by atoms with Crippen LogP contribution >= 0.6 is 11.6 Å². The van der Waals surface area contributed by atoms with Crippen LogP contribution in [-0.2, 0) is 0 Å². The SMILES string of the molecule is O[C@H](c1ccc(F)cc1)c1cccc(Cl)c1. The van der Waals surface area contributed by atoms with Gasteiger partial charge in [-0.05, 0) is 35.4 Å². The van der Waals surface area contributed by atoms with Gasteiger partial charge < -0.3 is 5.11 Å². The van der Waals surface area contributed by atoms with Crippen molar-refractivity contribution in [2.45, 2.75) is 6.10 Å². The molecule has 0 spiro atoms. The highest BCUT2D eigenvalue weighted by molar-refractivity contribution is 6.30. The smallest absolute Gasteiger partial charge is 0.123 e. The topological polar surface area (TPSA) is 20.2 Å². The lowest BCUT2D eigenvalue weighted by Gasteiger charge is -2.11. The van der Waals surface area contributed by atoms with Crippen molar-refractivity contribution in [1.82, 2.24) is 0 Å². The summed E-state index contributed by atoms with van der Waals surface area (Å²) in [7, 11) is 0. The van der Waals surface area contributed by atoms with Crippen molar-refractivity contribution in [2.24, 2.45) is 0 Å². The lowest BCUT2D eigenvalue weighted by molar-refractivity contribution is 0.220. The van der Waals surface area contributed by atoms with Crippen molar-refractivity contribution in [3.63, 3.8) is 0 Å². The molecule has 0 aliphatic rings. The summed E-state index contributed by atoms with van der Waals surface area (Å²) >= 11 is 5.83. The number of halogens is 2. The van der Waals surface area contributed by atoms with Crippen molar-refractivity contribution in [2.75, 3.05) is 0 Å². The first-order chi connectivity index (χ1) is 7.66. The first kappa shape index (κ1) is 11.1. The Kier molecular flexibility index (Phi) is 3.22. The zero-order valence-electron chi connectivity index (χ0n) is 8.40. The minimum atomic E-state index is -0.778. The first-order valence-electron chi connectivity index (χ1n) is 4.86. The van der Waals surface area contributed by atoms with E-state index in [1.54, 1.807) is 36.4 Å². The molecule has 0 aromatic heterocycles. The third-order valence-electron chi connectivity index (χ3n) is 2.35. The van der Waals surface area contributed by atoms with Gasteiger partial charge in [0.25, 0.3) is 0 Å². The number of benzene rings is 2. The standard InChI is InChI=1S/C13H10ClFO/c14-11-3-1-2-10(8-11)13(16)9-4-6-12(15)7-5-9/h1-8,13,16H/t13-/m1/s1. The van der Waals surface area contributed by atoms with Crippen LogP contribution in [0.3, 0.4) is 0 Å². The maximum absolute atomic E-state index is 12.7. The van der Waals surface area contributed by atoms with E-state index in [0.717, 1.165) is 0 Å². The quantitative estimate of drug-likeness (QED) is 0.845. The Morgan fingerprint density at radius 1 is 1.00 bits per heavy atom. The van der Waals surface area contributed by atoms with E-state index in [2.05, 4.69) is 0 Å². The second kappa shape index (κ2) is 4.64. The molecule has 1 atom stereocenters. The average molecular weight is 237 g/mol. The highest BCUT2D eigenvalue weighted by atomic mass is 35.5. The average Bonchev–Trinajstić information content (AvgIpc) is 2.29. The maximum atomic E-state index is 12.7. The van der Waals surface area contributed by atoms with Crippen LogP contribution in [0, 0.1) is 5.82 Å². The van der Waals surface area contributed by atoms with E-state index in [-0.39, 0.29) is 5.82 Å². The zero-order chi connectivity index (χ0) is 11.5. The van der Waals surface area contributed by atoms with Gasteiger partial charge in [0.2, 0.25) is 0 Å². The molecule has 0 saturated heterocycles. The van der Waals surface area contributed by atoms with Gasteiger partial charge in [0.1, 0.15) is 11.9 Å². The number of hydrogen-bond acceptors (Lipinski definition) is 1. The number of aliphatic hydroxyl groups excluding tert-OH is 1. The first-order valence-corrected chi connectivity index (χ1v) is 5.23. The molecule has 3 heteroatoms. The lowest BCUT2D eigenvalue weighted by atomic mass is 10.0. The van der Waals surface area contributed by atoms with Gasteiger partial charge in [-0.1, -0.05) is 35.9 Å². The molecule has 0 aliphatic heterocycles. The minimum Gasteiger partial charge on any atom is -0.384 e. The number of hydrogen-bond donors (Lipinski definition) is 1. The summed E-state index contributed by atoms with van der Waals surface area (Å²) in [6, 6.07) is 12.7. The summed E-state index contributed by atoms with van der Waals surface area (Å²) in [5.41, 5.74) is 1.34. The molecule has 0 heterocycles. The normalized spacial score (nSPS) is 12.4. The fraction of sp³-hybridized carbons (Fsp3) is 0.0769. The molecule has 0 bridgehead atoms. The van der Waals surface area contributed by atoms with Crippen molar-refractivity contribution in [3.05, 3.63) is 70.5 Å². The van der Waals surface area contributed by atoms with Crippen LogP contribution in [0.4, 0.5) is 4.39 Å². The Labute approximate surface area is 98.1 Å². The fourth-order valence-corrected chi connectivity index (χ4v) is 1.71. The molecule has 1 nitrogen and oxygen atoms in total. The molecular weight excluding hydrogens is 227 g/mol. The van der Waals surface area contributed by atoms with Crippen LogP contribution in [0.5, 0.6) is 0 Å². The molecule has 82 valence electrons. The summed E-state index contributed by atoms with van der Waals surface area (Å²) in [6.45, 7) is 0. The van der Waals surface area contributed by atoms with Crippen LogP contribution < -0.4 is 0 Å². The van der Waals surface area contributed by atoms with E-state index in [1.165, 1.54) is 12.1 Å². The third kappa shape index (κ3) is 2.40. The molecule has 2 aromatic rings. The summed E-state index contributed by atoms with van der Waals surface area (Å²) < 4.78 is 12.7. The Bertz CT molecular complexity index is 482. The molecule has 0 amide bonds. The largest absolute Gasteiger partial charge is 0.384 e. The van der Waals surface area contributed by atoms with Crippen LogP contribution in [0.2, 0.25) is 5.02 Å². The number of aliphatic hydroxyl groups is 1. The van der Waals surface area contributed by atoms with Crippen molar-refractivity contribution >= 4 is 11.6 Å². The molecule has 0 radical (unpaired) electrons. The molecule has 2 aromatic carbocycles. The Balaban J connectivity index is 2.31. The summed E-state index contributed by atoms with van der Waals surface area (Å²) in [4.78, 5) is 0. The summed E-state index contributed by atoms with van der Waals surface area (Å²) in [6.07, 6.45) is -0.778. The molecule has 0 saturated carbocycles. The van der Waals surface area contributed by atoms with E-state index in [4.69, 9.17) is 11.6 Å². The van der Waals surface area contributed by atoms with Gasteiger partial charge in [-0.15, -0.1) is 0 Å². The molecule has 0 unspecified atom stereocenters. The summed E-state index contributed by atoms with van der Waals surface area (Å²) in [5.74, 6) is -0.318. The Hall–Kier alpha value is -1.38. The second-order valence-corrected chi connectivity index (χ2v) is 3.95. The Morgan fingerprint density at radius 2 is 1.69 bits per heavy atom. The van der Waals surface area contributed by atoms with Gasteiger partial charge in [-0.25, -0.2) is 4.39 Å². The number of rotatable bonds is 2. The van der Waals surface area contributed by atoms with Crippen LogP contribution in [0.25, 0.3) is 0 Å². The van der Waals surface area contributed by atoms with E-state index in [9.17, 15) is 9.50 Å². The van der Waals surface area contributed by atoms with Crippen LogP contribution in [0.15, 0.2) is 48.5 Å². The monoisotopic (exact) mass is 236 g/mol. The van der Waals surface area contributed by atoms with Gasteiger partial charge >= 0.3 is 0 Å². The third-order valence-corrected chi connectivity index (χ3v) is 2.59. The minimum absolute atomic E-state index is 0.318. The van der Waals surface area contributed by atoms with Crippen molar-refractivity contribution in [3.8, 4) is 0 Å². The van der Waals surface area contributed by atoms with Crippen LogP contribution in [0.1, 0.15) is 17.2 Å². The zero-order valence-corrected chi connectivity index (χ0v) is 9.16. The van der Waals surface area contributed by atoms with E-state index in [1.807, 2.05) is 0 Å². The van der Waals surface area contributed by atoms with Gasteiger partial charge in [-0.3, -0.25) is 0 Å². The van der Waals surface area contributed by atoms with E-state index >= 15 is 0 Å². The van der Waals surface area contributed by atoms with E-state index in [0.29, 0.717) is 16.1 Å². The van der Waals surface area contributed by atoms with E-state index < -0.39 is 6.10 Å². The highest BCUT2D eigenvalue weighted by Crippen LogP contribution is 2.24.